The molecule has 1 rings (SSSR count). The van der Waals surface area contributed by atoms with Crippen molar-refractivity contribution in [3.8, 4) is 0 Å². The summed E-state index contributed by atoms with van der Waals surface area (Å²) in [4.78, 5) is 12.6. The smallest absolute Gasteiger partial charge is 0.303 e. The zero-order chi connectivity index (χ0) is 12.0. The molecule has 0 aliphatic heterocycles. The molecule has 3 nitrogen and oxygen atoms in total. The quantitative estimate of drug-likeness (QED) is 0.802. The molecule has 0 amide bonds. The van der Waals surface area contributed by atoms with Gasteiger partial charge in [0.25, 0.3) is 0 Å². The molecule has 16 heavy (non-hydrogen) atoms. The Labute approximate surface area is 96.7 Å². The maximum atomic E-state index is 10.4. The van der Waals surface area contributed by atoms with Crippen molar-refractivity contribution in [3.63, 3.8) is 0 Å². The number of rotatable bonds is 6. The van der Waals surface area contributed by atoms with Crippen LogP contribution in [-0.4, -0.2) is 29.6 Å². The van der Waals surface area contributed by atoms with E-state index in [4.69, 9.17) is 5.11 Å². The van der Waals surface area contributed by atoms with E-state index >= 15 is 0 Å². The second-order valence-electron chi connectivity index (χ2n) is 4.06. The first kappa shape index (κ1) is 12.7. The van der Waals surface area contributed by atoms with Crippen LogP contribution in [0.2, 0.25) is 0 Å². The van der Waals surface area contributed by atoms with Crippen molar-refractivity contribution in [3.05, 3.63) is 35.9 Å². The Hall–Kier alpha value is -1.35. The third-order valence-corrected chi connectivity index (χ3v) is 2.84. The summed E-state index contributed by atoms with van der Waals surface area (Å²) >= 11 is 0. The van der Waals surface area contributed by atoms with E-state index in [1.165, 1.54) is 5.56 Å². The number of carbonyl (C=O) groups is 1. The van der Waals surface area contributed by atoms with Crippen molar-refractivity contribution in [1.82, 2.24) is 4.90 Å². The van der Waals surface area contributed by atoms with Crippen LogP contribution in [0.25, 0.3) is 0 Å². The summed E-state index contributed by atoms with van der Waals surface area (Å²) in [5.41, 5.74) is 1.26. The lowest BCUT2D eigenvalue weighted by molar-refractivity contribution is -0.137. The summed E-state index contributed by atoms with van der Waals surface area (Å²) in [6, 6.07) is 10.6. The minimum absolute atomic E-state index is 0.242. The highest BCUT2D eigenvalue weighted by Gasteiger charge is 2.10. The predicted octanol–water partition coefficient (Wildman–Crippen LogP) is 2.54. The molecule has 0 spiro atoms. The number of carboxylic acids is 1. The second-order valence-corrected chi connectivity index (χ2v) is 4.06. The number of aliphatic carboxylic acids is 1. The fourth-order valence-corrected chi connectivity index (χ4v) is 1.66. The molecule has 0 bridgehead atoms. The van der Waals surface area contributed by atoms with Crippen LogP contribution >= 0.6 is 0 Å². The van der Waals surface area contributed by atoms with Gasteiger partial charge in [-0.3, -0.25) is 9.69 Å². The molecule has 0 fully saturated rings. The molecule has 1 aromatic rings. The highest BCUT2D eigenvalue weighted by atomic mass is 16.4. The molecule has 1 atom stereocenters. The number of nitrogens with zero attached hydrogens (tertiary/aromatic N) is 1. The van der Waals surface area contributed by atoms with Gasteiger partial charge in [0.1, 0.15) is 0 Å². The standard InChI is InChI=1S/C13H19NO2/c1-11(12-7-4-3-5-8-12)14(2)10-6-9-13(15)16/h3-5,7-8,11H,6,9-10H2,1-2H3,(H,15,16). The first-order valence-electron chi connectivity index (χ1n) is 5.58. The zero-order valence-electron chi connectivity index (χ0n) is 9.89. The molecule has 1 aromatic carbocycles. The van der Waals surface area contributed by atoms with Gasteiger partial charge in [0.15, 0.2) is 0 Å². The van der Waals surface area contributed by atoms with Gasteiger partial charge >= 0.3 is 5.97 Å². The highest BCUT2D eigenvalue weighted by Crippen LogP contribution is 2.18. The SMILES string of the molecule is CC(c1ccccc1)N(C)CCCC(=O)O. The van der Waals surface area contributed by atoms with E-state index in [-0.39, 0.29) is 6.42 Å². The van der Waals surface area contributed by atoms with Crippen LogP contribution in [0, 0.1) is 0 Å². The number of hydrogen-bond acceptors (Lipinski definition) is 2. The van der Waals surface area contributed by atoms with Crippen molar-refractivity contribution in [2.24, 2.45) is 0 Å². The van der Waals surface area contributed by atoms with Gasteiger partial charge in [0.2, 0.25) is 0 Å². The van der Waals surface area contributed by atoms with Crippen molar-refractivity contribution < 1.29 is 9.90 Å². The first-order chi connectivity index (χ1) is 7.61. The molecular weight excluding hydrogens is 202 g/mol. The molecule has 0 saturated carbocycles. The fourth-order valence-electron chi connectivity index (χ4n) is 1.66. The van der Waals surface area contributed by atoms with Crippen LogP contribution in [0.1, 0.15) is 31.4 Å². The number of hydrogen-bond donors (Lipinski definition) is 1. The molecule has 1 N–H and O–H groups in total. The summed E-state index contributed by atoms with van der Waals surface area (Å²) in [5, 5.41) is 8.56. The topological polar surface area (TPSA) is 40.5 Å². The minimum atomic E-state index is -0.722. The van der Waals surface area contributed by atoms with E-state index in [2.05, 4.69) is 24.0 Å². The van der Waals surface area contributed by atoms with Gasteiger partial charge in [-0.25, -0.2) is 0 Å². The molecule has 0 radical (unpaired) electrons. The molecule has 88 valence electrons. The molecule has 0 aliphatic rings. The van der Waals surface area contributed by atoms with Crippen LogP contribution in [0.5, 0.6) is 0 Å². The second kappa shape index (κ2) is 6.28. The lowest BCUT2D eigenvalue weighted by atomic mass is 10.1. The molecule has 0 saturated heterocycles. The van der Waals surface area contributed by atoms with Crippen molar-refractivity contribution in [1.29, 1.82) is 0 Å². The van der Waals surface area contributed by atoms with Crippen LogP contribution in [0.3, 0.4) is 0 Å². The van der Waals surface area contributed by atoms with E-state index in [0.717, 1.165) is 6.54 Å². The number of carboxylic acid groups (broad SMARTS) is 1. The lowest BCUT2D eigenvalue weighted by Crippen LogP contribution is -2.24. The molecule has 3 heteroatoms. The normalized spacial score (nSPS) is 12.7. The number of benzene rings is 1. The lowest BCUT2D eigenvalue weighted by Gasteiger charge is -2.24. The molecule has 0 aliphatic carbocycles. The molecule has 0 heterocycles. The minimum Gasteiger partial charge on any atom is -0.481 e. The van der Waals surface area contributed by atoms with Crippen LogP contribution in [0.4, 0.5) is 0 Å². The van der Waals surface area contributed by atoms with Crippen molar-refractivity contribution in [2.45, 2.75) is 25.8 Å². The Kier molecular flexibility index (Phi) is 4.99. The van der Waals surface area contributed by atoms with Gasteiger partial charge in [-0.2, -0.15) is 0 Å². The van der Waals surface area contributed by atoms with E-state index in [0.29, 0.717) is 12.5 Å². The average molecular weight is 221 g/mol. The predicted molar refractivity (Wildman–Crippen MR) is 64.4 cm³/mol. The Morgan fingerprint density at radius 3 is 2.56 bits per heavy atom. The monoisotopic (exact) mass is 221 g/mol. The maximum Gasteiger partial charge on any atom is 0.303 e. The average Bonchev–Trinajstić information content (AvgIpc) is 2.28. The Bertz CT molecular complexity index is 324. The third-order valence-electron chi connectivity index (χ3n) is 2.84. The van der Waals surface area contributed by atoms with E-state index in [9.17, 15) is 4.79 Å². The molecule has 1 unspecified atom stereocenters. The fraction of sp³-hybridized carbons (Fsp3) is 0.462. The maximum absolute atomic E-state index is 10.4. The van der Waals surface area contributed by atoms with E-state index < -0.39 is 5.97 Å². The van der Waals surface area contributed by atoms with Crippen LogP contribution < -0.4 is 0 Å². The highest BCUT2D eigenvalue weighted by molar-refractivity contribution is 5.66. The summed E-state index contributed by atoms with van der Waals surface area (Å²) in [6.45, 7) is 2.94. The Morgan fingerprint density at radius 2 is 2.00 bits per heavy atom. The Balaban J connectivity index is 2.42. The van der Waals surface area contributed by atoms with E-state index in [1.807, 2.05) is 25.2 Å². The van der Waals surface area contributed by atoms with Gasteiger partial charge in [0, 0.05) is 12.5 Å². The van der Waals surface area contributed by atoms with Crippen LogP contribution in [-0.2, 0) is 4.79 Å². The summed E-state index contributed by atoms with van der Waals surface area (Å²) in [7, 11) is 2.03. The van der Waals surface area contributed by atoms with Crippen molar-refractivity contribution >= 4 is 5.97 Å². The Morgan fingerprint density at radius 1 is 1.38 bits per heavy atom. The van der Waals surface area contributed by atoms with Gasteiger partial charge in [0.05, 0.1) is 0 Å². The van der Waals surface area contributed by atoms with Crippen LogP contribution in [0.15, 0.2) is 30.3 Å². The largest absolute Gasteiger partial charge is 0.481 e. The first-order valence-corrected chi connectivity index (χ1v) is 5.58. The molecular formula is C13H19NO2. The van der Waals surface area contributed by atoms with E-state index in [1.54, 1.807) is 0 Å². The van der Waals surface area contributed by atoms with Gasteiger partial charge < -0.3 is 5.11 Å². The third kappa shape index (κ3) is 4.03. The summed E-state index contributed by atoms with van der Waals surface area (Å²) in [5.74, 6) is -0.722. The zero-order valence-corrected chi connectivity index (χ0v) is 9.89. The summed E-state index contributed by atoms with van der Waals surface area (Å²) in [6.07, 6.45) is 0.939. The molecule has 0 aromatic heterocycles. The van der Waals surface area contributed by atoms with Gasteiger partial charge in [-0.15, -0.1) is 0 Å². The van der Waals surface area contributed by atoms with Crippen molar-refractivity contribution in [2.75, 3.05) is 13.6 Å². The summed E-state index contributed by atoms with van der Waals surface area (Å²) < 4.78 is 0. The van der Waals surface area contributed by atoms with Gasteiger partial charge in [-0.1, -0.05) is 30.3 Å². The van der Waals surface area contributed by atoms with Gasteiger partial charge in [-0.05, 0) is 32.5 Å².